The van der Waals surface area contributed by atoms with Crippen molar-refractivity contribution in [2.75, 3.05) is 5.73 Å². The fourth-order valence-corrected chi connectivity index (χ4v) is 1.87. The van der Waals surface area contributed by atoms with Crippen LogP contribution in [0.3, 0.4) is 0 Å². The molecule has 0 spiro atoms. The molecule has 0 bridgehead atoms. The standard InChI is InChI=1S/C13H13N5.ClH/c1-2-9-3-5-10(6-4-9)11-7-8-12-15-16-13(14)18(12)17-11;/h3-8H,2H2,1H3,(H2,14,16);1H. The molecule has 3 rings (SSSR count). The van der Waals surface area contributed by atoms with Crippen LogP contribution in [0.15, 0.2) is 36.4 Å². The monoisotopic (exact) mass is 275 g/mol. The summed E-state index contributed by atoms with van der Waals surface area (Å²) in [5, 5.41) is 12.1. The number of nitrogens with two attached hydrogens (primary N) is 1. The molecule has 2 heterocycles. The van der Waals surface area contributed by atoms with Crippen molar-refractivity contribution >= 4 is 24.0 Å². The third-order valence-electron chi connectivity index (χ3n) is 2.94. The number of anilines is 1. The zero-order valence-corrected chi connectivity index (χ0v) is 11.3. The Morgan fingerprint density at radius 2 is 1.79 bits per heavy atom. The Labute approximate surface area is 116 Å². The Morgan fingerprint density at radius 3 is 2.47 bits per heavy atom. The molecule has 0 atom stereocenters. The molecule has 2 aromatic heterocycles. The molecule has 3 aromatic rings. The van der Waals surface area contributed by atoms with Crippen molar-refractivity contribution in [2.24, 2.45) is 0 Å². The van der Waals surface area contributed by atoms with Crippen LogP contribution >= 0.6 is 12.4 Å². The quantitative estimate of drug-likeness (QED) is 0.779. The minimum atomic E-state index is 0. The van der Waals surface area contributed by atoms with Crippen molar-refractivity contribution in [3.8, 4) is 11.3 Å². The zero-order valence-electron chi connectivity index (χ0n) is 10.4. The Bertz CT molecular complexity index is 690. The van der Waals surface area contributed by atoms with E-state index in [1.54, 1.807) is 4.52 Å². The van der Waals surface area contributed by atoms with Gasteiger partial charge < -0.3 is 5.73 Å². The number of rotatable bonds is 2. The molecule has 0 aliphatic carbocycles. The third-order valence-corrected chi connectivity index (χ3v) is 2.94. The van der Waals surface area contributed by atoms with Crippen LogP contribution in [0.1, 0.15) is 12.5 Å². The van der Waals surface area contributed by atoms with Gasteiger partial charge in [0, 0.05) is 5.56 Å². The van der Waals surface area contributed by atoms with Gasteiger partial charge in [-0.15, -0.1) is 22.6 Å². The summed E-state index contributed by atoms with van der Waals surface area (Å²) in [6.45, 7) is 2.14. The summed E-state index contributed by atoms with van der Waals surface area (Å²) in [7, 11) is 0. The van der Waals surface area contributed by atoms with Gasteiger partial charge in [0.15, 0.2) is 5.65 Å². The first-order valence-electron chi connectivity index (χ1n) is 5.85. The van der Waals surface area contributed by atoms with Gasteiger partial charge in [-0.1, -0.05) is 31.2 Å². The highest BCUT2D eigenvalue weighted by molar-refractivity contribution is 5.85. The summed E-state index contributed by atoms with van der Waals surface area (Å²) in [5.74, 6) is 0.303. The predicted octanol–water partition coefficient (Wildman–Crippen LogP) is 2.36. The molecule has 2 N–H and O–H groups in total. The largest absolute Gasteiger partial charge is 0.366 e. The fourth-order valence-electron chi connectivity index (χ4n) is 1.87. The summed E-state index contributed by atoms with van der Waals surface area (Å²) in [5.41, 5.74) is 9.57. The number of halogens is 1. The molecule has 0 fully saturated rings. The SMILES string of the molecule is CCc1ccc(-c2ccc3nnc(N)n3n2)cc1.Cl. The van der Waals surface area contributed by atoms with E-state index in [9.17, 15) is 0 Å². The van der Waals surface area contributed by atoms with E-state index < -0.39 is 0 Å². The summed E-state index contributed by atoms with van der Waals surface area (Å²) in [6, 6.07) is 12.1. The van der Waals surface area contributed by atoms with Gasteiger partial charge in [0.1, 0.15) is 0 Å². The maximum atomic E-state index is 5.70. The van der Waals surface area contributed by atoms with Crippen LogP contribution in [0.25, 0.3) is 16.9 Å². The molecule has 1 aromatic carbocycles. The summed E-state index contributed by atoms with van der Waals surface area (Å²) >= 11 is 0. The normalized spacial score (nSPS) is 10.4. The number of hydrogen-bond donors (Lipinski definition) is 1. The molecular weight excluding hydrogens is 262 g/mol. The van der Waals surface area contributed by atoms with Gasteiger partial charge in [0.2, 0.25) is 5.95 Å². The van der Waals surface area contributed by atoms with Crippen molar-refractivity contribution in [3.05, 3.63) is 42.0 Å². The van der Waals surface area contributed by atoms with Crippen LogP contribution in [-0.2, 0) is 6.42 Å². The van der Waals surface area contributed by atoms with Crippen LogP contribution in [0.5, 0.6) is 0 Å². The number of nitrogen functional groups attached to an aromatic ring is 1. The van der Waals surface area contributed by atoms with Crippen LogP contribution in [0.4, 0.5) is 5.95 Å². The average molecular weight is 276 g/mol. The number of nitrogens with zero attached hydrogens (tertiary/aromatic N) is 4. The Balaban J connectivity index is 0.00000133. The molecule has 19 heavy (non-hydrogen) atoms. The maximum Gasteiger partial charge on any atom is 0.243 e. The van der Waals surface area contributed by atoms with Crippen molar-refractivity contribution in [3.63, 3.8) is 0 Å². The van der Waals surface area contributed by atoms with E-state index in [0.717, 1.165) is 17.7 Å². The molecule has 0 aliphatic heterocycles. The van der Waals surface area contributed by atoms with E-state index in [2.05, 4.69) is 46.5 Å². The van der Waals surface area contributed by atoms with Gasteiger partial charge in [-0.3, -0.25) is 0 Å². The van der Waals surface area contributed by atoms with Crippen molar-refractivity contribution in [2.45, 2.75) is 13.3 Å². The van der Waals surface area contributed by atoms with Crippen LogP contribution in [0.2, 0.25) is 0 Å². The summed E-state index contributed by atoms with van der Waals surface area (Å²) in [4.78, 5) is 0. The van der Waals surface area contributed by atoms with Crippen LogP contribution < -0.4 is 5.73 Å². The maximum absolute atomic E-state index is 5.70. The molecule has 5 nitrogen and oxygen atoms in total. The van der Waals surface area contributed by atoms with Crippen LogP contribution in [0, 0.1) is 0 Å². The molecule has 0 radical (unpaired) electrons. The number of hydrogen-bond acceptors (Lipinski definition) is 4. The Morgan fingerprint density at radius 1 is 1.05 bits per heavy atom. The number of fused-ring (bicyclic) bond motifs is 1. The minimum absolute atomic E-state index is 0. The zero-order chi connectivity index (χ0) is 12.5. The summed E-state index contributed by atoms with van der Waals surface area (Å²) in [6.07, 6.45) is 1.03. The van der Waals surface area contributed by atoms with E-state index >= 15 is 0 Å². The molecule has 0 saturated heterocycles. The van der Waals surface area contributed by atoms with Gasteiger partial charge in [-0.25, -0.2) is 0 Å². The average Bonchev–Trinajstić information content (AvgIpc) is 2.80. The predicted molar refractivity (Wildman–Crippen MR) is 77.3 cm³/mol. The lowest BCUT2D eigenvalue weighted by molar-refractivity contribution is 0.946. The highest BCUT2D eigenvalue weighted by Gasteiger charge is 2.05. The molecule has 6 heteroatoms. The lowest BCUT2D eigenvalue weighted by Gasteiger charge is -2.03. The van der Waals surface area contributed by atoms with E-state index in [-0.39, 0.29) is 12.4 Å². The van der Waals surface area contributed by atoms with Crippen LogP contribution in [-0.4, -0.2) is 19.8 Å². The second-order valence-electron chi connectivity index (χ2n) is 4.10. The lowest BCUT2D eigenvalue weighted by Crippen LogP contribution is -1.99. The van der Waals surface area contributed by atoms with Crippen molar-refractivity contribution in [1.29, 1.82) is 0 Å². The van der Waals surface area contributed by atoms with Gasteiger partial charge in [0.25, 0.3) is 0 Å². The molecule has 98 valence electrons. The van der Waals surface area contributed by atoms with E-state index in [0.29, 0.717) is 11.6 Å². The number of aromatic nitrogens is 4. The fraction of sp³-hybridized carbons (Fsp3) is 0.154. The molecule has 0 amide bonds. The first kappa shape index (κ1) is 13.3. The second kappa shape index (κ2) is 5.24. The van der Waals surface area contributed by atoms with E-state index in [1.165, 1.54) is 5.56 Å². The topological polar surface area (TPSA) is 69.1 Å². The van der Waals surface area contributed by atoms with Gasteiger partial charge in [-0.05, 0) is 24.1 Å². The van der Waals surface area contributed by atoms with Gasteiger partial charge in [0.05, 0.1) is 5.69 Å². The van der Waals surface area contributed by atoms with Gasteiger partial charge >= 0.3 is 0 Å². The Kier molecular flexibility index (Phi) is 3.66. The highest BCUT2D eigenvalue weighted by Crippen LogP contribution is 2.18. The first-order valence-corrected chi connectivity index (χ1v) is 5.85. The number of aryl methyl sites for hydroxylation is 1. The van der Waals surface area contributed by atoms with Crippen molar-refractivity contribution < 1.29 is 0 Å². The molecule has 0 unspecified atom stereocenters. The lowest BCUT2D eigenvalue weighted by atomic mass is 10.1. The highest BCUT2D eigenvalue weighted by atomic mass is 35.5. The van der Waals surface area contributed by atoms with Crippen molar-refractivity contribution in [1.82, 2.24) is 19.8 Å². The van der Waals surface area contributed by atoms with E-state index in [4.69, 9.17) is 5.73 Å². The second-order valence-corrected chi connectivity index (χ2v) is 4.10. The van der Waals surface area contributed by atoms with Gasteiger partial charge in [-0.2, -0.15) is 9.61 Å². The third kappa shape index (κ3) is 2.37. The minimum Gasteiger partial charge on any atom is -0.366 e. The summed E-state index contributed by atoms with van der Waals surface area (Å²) < 4.78 is 1.54. The molecular formula is C13H14ClN5. The smallest absolute Gasteiger partial charge is 0.243 e. The Hall–Kier alpha value is -2.14. The number of benzene rings is 1. The first-order chi connectivity index (χ1) is 8.78. The van der Waals surface area contributed by atoms with E-state index in [1.807, 2.05) is 12.1 Å². The molecule has 0 aliphatic rings. The molecule has 0 saturated carbocycles.